The van der Waals surface area contributed by atoms with E-state index in [2.05, 4.69) is 31.1 Å². The fourth-order valence-electron chi connectivity index (χ4n) is 2.08. The van der Waals surface area contributed by atoms with Gasteiger partial charge in [-0.05, 0) is 38.5 Å². The van der Waals surface area contributed by atoms with Gasteiger partial charge in [-0.1, -0.05) is 19.8 Å². The maximum absolute atomic E-state index is 5.76. The van der Waals surface area contributed by atoms with Gasteiger partial charge in [0.1, 0.15) is 0 Å². The van der Waals surface area contributed by atoms with Gasteiger partial charge >= 0.3 is 0 Å². The number of hydrogen-bond donors (Lipinski definition) is 2. The Balaban J connectivity index is 2.24. The number of rotatable bonds is 3. The molecule has 0 heterocycles. The quantitative estimate of drug-likeness (QED) is 0.555. The third kappa shape index (κ3) is 5.05. The molecule has 0 unspecified atom stereocenters. The number of guanidine groups is 1. The Kier molecular flexibility index (Phi) is 4.92. The summed E-state index contributed by atoms with van der Waals surface area (Å²) in [5.41, 5.74) is 5.76. The molecule has 88 valence electrons. The molecule has 3 nitrogen and oxygen atoms in total. The molecule has 0 bridgehead atoms. The molecule has 1 rings (SSSR count). The van der Waals surface area contributed by atoms with E-state index in [0.29, 0.717) is 12.0 Å². The zero-order valence-corrected chi connectivity index (χ0v) is 10.3. The lowest BCUT2D eigenvalue weighted by molar-refractivity contribution is 0.296. The molecule has 0 spiro atoms. The number of nitrogens with zero attached hydrogens (tertiary/aromatic N) is 1. The van der Waals surface area contributed by atoms with E-state index in [0.717, 1.165) is 18.4 Å². The summed E-state index contributed by atoms with van der Waals surface area (Å²) in [5.74, 6) is 2.27. The van der Waals surface area contributed by atoms with Crippen molar-refractivity contribution >= 4 is 5.96 Å². The van der Waals surface area contributed by atoms with Gasteiger partial charge in [-0.3, -0.25) is 4.99 Å². The smallest absolute Gasteiger partial charge is 0.188 e. The molecule has 1 fully saturated rings. The Labute approximate surface area is 93.5 Å². The molecule has 1 aliphatic carbocycles. The largest absolute Gasteiger partial charge is 0.370 e. The summed E-state index contributed by atoms with van der Waals surface area (Å²) < 4.78 is 0. The highest BCUT2D eigenvalue weighted by molar-refractivity contribution is 5.78. The molecule has 0 aromatic carbocycles. The molecule has 15 heavy (non-hydrogen) atoms. The first-order valence-corrected chi connectivity index (χ1v) is 6.14. The van der Waals surface area contributed by atoms with Crippen molar-refractivity contribution in [2.45, 2.75) is 52.5 Å². The van der Waals surface area contributed by atoms with E-state index >= 15 is 0 Å². The topological polar surface area (TPSA) is 50.4 Å². The molecule has 1 saturated carbocycles. The molecule has 3 N–H and O–H groups in total. The monoisotopic (exact) mass is 211 g/mol. The predicted molar refractivity (Wildman–Crippen MR) is 65.9 cm³/mol. The highest BCUT2D eigenvalue weighted by atomic mass is 15.1. The Bertz CT molecular complexity index is 203. The third-order valence-corrected chi connectivity index (χ3v) is 3.09. The van der Waals surface area contributed by atoms with Crippen LogP contribution in [0.5, 0.6) is 0 Å². The molecule has 0 aromatic rings. The standard InChI is InChI=1S/C12H25N3/c1-9(2)15-12(13)14-8-11-6-4-10(3)5-7-11/h9-11H,4-8H2,1-3H3,(H3,13,14,15). The van der Waals surface area contributed by atoms with Crippen LogP contribution in [-0.4, -0.2) is 18.5 Å². The Morgan fingerprint density at radius 2 is 1.93 bits per heavy atom. The Morgan fingerprint density at radius 3 is 2.47 bits per heavy atom. The average Bonchev–Trinajstić information content (AvgIpc) is 2.16. The third-order valence-electron chi connectivity index (χ3n) is 3.09. The van der Waals surface area contributed by atoms with Gasteiger partial charge in [0.15, 0.2) is 5.96 Å². The van der Waals surface area contributed by atoms with Gasteiger partial charge in [0.25, 0.3) is 0 Å². The summed E-state index contributed by atoms with van der Waals surface area (Å²) in [7, 11) is 0. The highest BCUT2D eigenvalue weighted by Gasteiger charge is 2.17. The lowest BCUT2D eigenvalue weighted by Crippen LogP contribution is -2.37. The van der Waals surface area contributed by atoms with E-state index in [9.17, 15) is 0 Å². The molecular weight excluding hydrogens is 186 g/mol. The van der Waals surface area contributed by atoms with Crippen molar-refractivity contribution in [3.8, 4) is 0 Å². The fourth-order valence-corrected chi connectivity index (χ4v) is 2.08. The predicted octanol–water partition coefficient (Wildman–Crippen LogP) is 2.13. The van der Waals surface area contributed by atoms with Crippen LogP contribution in [0.15, 0.2) is 4.99 Å². The van der Waals surface area contributed by atoms with Crippen molar-refractivity contribution < 1.29 is 0 Å². The Morgan fingerprint density at radius 1 is 1.33 bits per heavy atom. The van der Waals surface area contributed by atoms with Crippen molar-refractivity contribution in [2.24, 2.45) is 22.6 Å². The number of hydrogen-bond acceptors (Lipinski definition) is 1. The first-order chi connectivity index (χ1) is 7.08. The van der Waals surface area contributed by atoms with Crippen LogP contribution in [0.4, 0.5) is 0 Å². The minimum Gasteiger partial charge on any atom is -0.370 e. The first-order valence-electron chi connectivity index (χ1n) is 6.14. The van der Waals surface area contributed by atoms with E-state index in [1.54, 1.807) is 0 Å². The highest BCUT2D eigenvalue weighted by Crippen LogP contribution is 2.28. The summed E-state index contributed by atoms with van der Waals surface area (Å²) in [5, 5.41) is 3.12. The number of nitrogens with one attached hydrogen (secondary N) is 1. The molecule has 0 saturated heterocycles. The summed E-state index contributed by atoms with van der Waals surface area (Å²) in [6, 6.07) is 0.375. The normalized spacial score (nSPS) is 28.1. The van der Waals surface area contributed by atoms with Crippen LogP contribution in [0.25, 0.3) is 0 Å². The molecular formula is C12H25N3. The maximum atomic E-state index is 5.76. The van der Waals surface area contributed by atoms with E-state index in [-0.39, 0.29) is 0 Å². The minimum atomic E-state index is 0.375. The van der Waals surface area contributed by atoms with Gasteiger partial charge in [-0.15, -0.1) is 0 Å². The maximum Gasteiger partial charge on any atom is 0.188 e. The van der Waals surface area contributed by atoms with E-state index < -0.39 is 0 Å². The lowest BCUT2D eigenvalue weighted by Gasteiger charge is -2.24. The first kappa shape index (κ1) is 12.3. The summed E-state index contributed by atoms with van der Waals surface area (Å²) in [6.07, 6.45) is 5.36. The van der Waals surface area contributed by atoms with Crippen molar-refractivity contribution in [2.75, 3.05) is 6.54 Å². The van der Waals surface area contributed by atoms with E-state index in [1.165, 1.54) is 25.7 Å². The molecule has 0 aliphatic heterocycles. The zero-order valence-electron chi connectivity index (χ0n) is 10.3. The Hall–Kier alpha value is -0.730. The van der Waals surface area contributed by atoms with Crippen LogP contribution < -0.4 is 11.1 Å². The van der Waals surface area contributed by atoms with Crippen LogP contribution in [0.1, 0.15) is 46.5 Å². The van der Waals surface area contributed by atoms with Crippen LogP contribution >= 0.6 is 0 Å². The number of nitrogens with two attached hydrogens (primary N) is 1. The summed E-state index contributed by atoms with van der Waals surface area (Å²) in [4.78, 5) is 4.40. The van der Waals surface area contributed by atoms with Gasteiger partial charge < -0.3 is 11.1 Å². The van der Waals surface area contributed by atoms with Gasteiger partial charge in [-0.2, -0.15) is 0 Å². The molecule has 0 radical (unpaired) electrons. The van der Waals surface area contributed by atoms with Gasteiger partial charge in [0.2, 0.25) is 0 Å². The van der Waals surface area contributed by atoms with Crippen LogP contribution in [0, 0.1) is 11.8 Å². The average molecular weight is 211 g/mol. The van der Waals surface area contributed by atoms with Gasteiger partial charge in [0.05, 0.1) is 0 Å². The molecule has 0 aromatic heterocycles. The second-order valence-electron chi connectivity index (χ2n) is 5.15. The lowest BCUT2D eigenvalue weighted by atomic mass is 9.83. The van der Waals surface area contributed by atoms with Crippen molar-refractivity contribution in [3.05, 3.63) is 0 Å². The van der Waals surface area contributed by atoms with Gasteiger partial charge in [0, 0.05) is 12.6 Å². The van der Waals surface area contributed by atoms with Crippen molar-refractivity contribution in [3.63, 3.8) is 0 Å². The minimum absolute atomic E-state index is 0.375. The summed E-state index contributed by atoms with van der Waals surface area (Å²) >= 11 is 0. The molecule has 3 heteroatoms. The molecule has 0 amide bonds. The van der Waals surface area contributed by atoms with Crippen molar-refractivity contribution in [1.82, 2.24) is 5.32 Å². The number of aliphatic imine (C=N–C) groups is 1. The van der Waals surface area contributed by atoms with E-state index in [4.69, 9.17) is 5.73 Å². The molecule has 0 atom stereocenters. The second-order valence-corrected chi connectivity index (χ2v) is 5.15. The van der Waals surface area contributed by atoms with E-state index in [1.807, 2.05) is 0 Å². The van der Waals surface area contributed by atoms with Gasteiger partial charge in [-0.25, -0.2) is 0 Å². The van der Waals surface area contributed by atoms with Crippen LogP contribution in [-0.2, 0) is 0 Å². The fraction of sp³-hybridized carbons (Fsp3) is 0.917. The van der Waals surface area contributed by atoms with Crippen LogP contribution in [0.2, 0.25) is 0 Å². The second kappa shape index (κ2) is 5.99. The SMILES string of the molecule is CC1CCC(CN=C(N)NC(C)C)CC1. The molecule has 1 aliphatic rings. The summed E-state index contributed by atoms with van der Waals surface area (Å²) in [6.45, 7) is 7.39. The van der Waals surface area contributed by atoms with Crippen molar-refractivity contribution in [1.29, 1.82) is 0 Å². The zero-order chi connectivity index (χ0) is 11.3. The van der Waals surface area contributed by atoms with Crippen LogP contribution in [0.3, 0.4) is 0 Å².